The van der Waals surface area contributed by atoms with Gasteiger partial charge in [-0.15, -0.1) is 0 Å². The lowest BCUT2D eigenvalue weighted by molar-refractivity contribution is -0.384. The number of rotatable bonds is 7. The Morgan fingerprint density at radius 2 is 2.29 bits per heavy atom. The Bertz CT molecular complexity index is 752. The van der Waals surface area contributed by atoms with Crippen molar-refractivity contribution in [2.75, 3.05) is 5.43 Å². The van der Waals surface area contributed by atoms with Crippen molar-refractivity contribution < 1.29 is 9.66 Å². The molecule has 0 aliphatic heterocycles. The quantitative estimate of drug-likeness (QED) is 0.458. The molecule has 2 rings (SSSR count). The van der Waals surface area contributed by atoms with E-state index in [1.165, 1.54) is 24.5 Å². The minimum atomic E-state index is -0.525. The van der Waals surface area contributed by atoms with Crippen molar-refractivity contribution in [3.05, 3.63) is 57.2 Å². The van der Waals surface area contributed by atoms with Gasteiger partial charge in [-0.05, 0) is 43.2 Å². The molecule has 8 heteroatoms. The number of anilines is 1. The van der Waals surface area contributed by atoms with Crippen molar-refractivity contribution in [2.24, 2.45) is 5.10 Å². The van der Waals surface area contributed by atoms with E-state index in [1.807, 2.05) is 13.8 Å². The van der Waals surface area contributed by atoms with Crippen molar-refractivity contribution in [3.63, 3.8) is 0 Å². The minimum absolute atomic E-state index is 0.0709. The standard InChI is InChI=1S/C16H17ClN4O3/c1-3-11(2)24-15-7-6-12(9-13(15)17)10-19-20-16-14(21(22)23)5-4-8-18-16/h4-11H,3H2,1-2H3,(H,18,20)/b19-10+. The van der Waals surface area contributed by atoms with Gasteiger partial charge >= 0.3 is 5.69 Å². The first kappa shape index (κ1) is 17.7. The largest absolute Gasteiger partial charge is 0.489 e. The number of halogens is 1. The summed E-state index contributed by atoms with van der Waals surface area (Å²) in [7, 11) is 0. The molecule has 0 spiro atoms. The molecule has 126 valence electrons. The Balaban J connectivity index is 2.08. The SMILES string of the molecule is CCC(C)Oc1ccc(/C=N/Nc2ncccc2[N+](=O)[O-])cc1Cl. The van der Waals surface area contributed by atoms with Crippen LogP contribution in [0.2, 0.25) is 5.02 Å². The summed E-state index contributed by atoms with van der Waals surface area (Å²) in [6.45, 7) is 4.00. The zero-order chi connectivity index (χ0) is 17.5. The second-order valence-electron chi connectivity index (χ2n) is 5.02. The van der Waals surface area contributed by atoms with Crippen LogP contribution in [0.4, 0.5) is 11.5 Å². The zero-order valence-corrected chi connectivity index (χ0v) is 14.0. The van der Waals surface area contributed by atoms with Crippen molar-refractivity contribution in [1.82, 2.24) is 4.98 Å². The summed E-state index contributed by atoms with van der Waals surface area (Å²) in [5.74, 6) is 0.679. The van der Waals surface area contributed by atoms with E-state index in [9.17, 15) is 10.1 Å². The molecule has 2 aromatic rings. The van der Waals surface area contributed by atoms with Crippen molar-refractivity contribution >= 4 is 29.3 Å². The number of nitrogens with zero attached hydrogens (tertiary/aromatic N) is 3. The number of hydrogen-bond acceptors (Lipinski definition) is 6. The summed E-state index contributed by atoms with van der Waals surface area (Å²) in [5, 5.41) is 15.3. The van der Waals surface area contributed by atoms with Crippen molar-refractivity contribution in [3.8, 4) is 5.75 Å². The van der Waals surface area contributed by atoms with Crippen LogP contribution in [0, 0.1) is 10.1 Å². The Morgan fingerprint density at radius 3 is 2.96 bits per heavy atom. The highest BCUT2D eigenvalue weighted by Crippen LogP contribution is 2.26. The molecule has 0 saturated heterocycles. The molecule has 0 bridgehead atoms. The van der Waals surface area contributed by atoms with E-state index in [0.29, 0.717) is 10.8 Å². The third-order valence-corrected chi connectivity index (χ3v) is 3.52. The van der Waals surface area contributed by atoms with Gasteiger partial charge in [-0.25, -0.2) is 4.98 Å². The van der Waals surface area contributed by atoms with E-state index in [1.54, 1.807) is 18.2 Å². The van der Waals surface area contributed by atoms with Crippen LogP contribution in [0.3, 0.4) is 0 Å². The van der Waals surface area contributed by atoms with Crippen molar-refractivity contribution in [2.45, 2.75) is 26.4 Å². The molecular weight excluding hydrogens is 332 g/mol. The third kappa shape index (κ3) is 4.66. The molecule has 1 unspecified atom stereocenters. The van der Waals surface area contributed by atoms with Gasteiger partial charge in [-0.2, -0.15) is 5.10 Å². The molecule has 0 amide bonds. The lowest BCUT2D eigenvalue weighted by Gasteiger charge is -2.13. The summed E-state index contributed by atoms with van der Waals surface area (Å²) in [6, 6.07) is 8.10. The fourth-order valence-electron chi connectivity index (χ4n) is 1.79. The third-order valence-electron chi connectivity index (χ3n) is 3.23. The number of nitrogens with one attached hydrogen (secondary N) is 1. The number of nitro groups is 1. The van der Waals surface area contributed by atoms with Crippen LogP contribution in [-0.4, -0.2) is 22.2 Å². The molecule has 0 fully saturated rings. The highest BCUT2D eigenvalue weighted by atomic mass is 35.5. The summed E-state index contributed by atoms with van der Waals surface area (Å²) in [6.07, 6.45) is 3.90. The van der Waals surface area contributed by atoms with E-state index >= 15 is 0 Å². The molecule has 7 nitrogen and oxygen atoms in total. The van der Waals surface area contributed by atoms with Gasteiger partial charge in [0.15, 0.2) is 0 Å². The molecule has 1 N–H and O–H groups in total. The average Bonchev–Trinajstić information content (AvgIpc) is 2.57. The van der Waals surface area contributed by atoms with Gasteiger partial charge in [0.2, 0.25) is 5.82 Å². The lowest BCUT2D eigenvalue weighted by atomic mass is 10.2. The molecule has 1 atom stereocenters. The predicted octanol–water partition coefficient (Wildman–Crippen LogP) is 4.27. The first-order chi connectivity index (χ1) is 11.5. The van der Waals surface area contributed by atoms with Crippen LogP contribution in [0.1, 0.15) is 25.8 Å². The highest BCUT2D eigenvalue weighted by Gasteiger charge is 2.13. The molecule has 0 aliphatic carbocycles. The second-order valence-corrected chi connectivity index (χ2v) is 5.43. The fraction of sp³-hybridized carbons (Fsp3) is 0.250. The Hall–Kier alpha value is -2.67. The molecule has 0 radical (unpaired) electrons. The van der Waals surface area contributed by atoms with Gasteiger partial charge in [0.1, 0.15) is 5.75 Å². The van der Waals surface area contributed by atoms with E-state index in [2.05, 4.69) is 15.5 Å². The molecule has 24 heavy (non-hydrogen) atoms. The maximum Gasteiger partial charge on any atom is 0.313 e. The summed E-state index contributed by atoms with van der Waals surface area (Å²) in [4.78, 5) is 14.3. The zero-order valence-electron chi connectivity index (χ0n) is 13.3. The summed E-state index contributed by atoms with van der Waals surface area (Å²) < 4.78 is 5.69. The molecule has 1 heterocycles. The molecule has 1 aromatic carbocycles. The van der Waals surface area contributed by atoms with Crippen molar-refractivity contribution in [1.29, 1.82) is 0 Å². The fourth-order valence-corrected chi connectivity index (χ4v) is 2.02. The van der Waals surface area contributed by atoms with Gasteiger partial charge in [-0.3, -0.25) is 15.5 Å². The van der Waals surface area contributed by atoms with Crippen LogP contribution < -0.4 is 10.2 Å². The Kier molecular flexibility index (Phi) is 6.08. The van der Waals surface area contributed by atoms with Gasteiger partial charge < -0.3 is 4.74 Å². The second kappa shape index (κ2) is 8.26. The van der Waals surface area contributed by atoms with Crippen LogP contribution in [0.15, 0.2) is 41.6 Å². The van der Waals surface area contributed by atoms with Crippen LogP contribution in [-0.2, 0) is 0 Å². The predicted molar refractivity (Wildman–Crippen MR) is 93.9 cm³/mol. The number of hydrogen-bond donors (Lipinski definition) is 1. The van der Waals surface area contributed by atoms with Crippen LogP contribution >= 0.6 is 11.6 Å². The normalized spacial score (nSPS) is 12.1. The maximum atomic E-state index is 10.9. The number of ether oxygens (including phenoxy) is 1. The molecular formula is C16H17ClN4O3. The maximum absolute atomic E-state index is 10.9. The monoisotopic (exact) mass is 348 g/mol. The lowest BCUT2D eigenvalue weighted by Crippen LogP contribution is -2.10. The first-order valence-electron chi connectivity index (χ1n) is 7.36. The minimum Gasteiger partial charge on any atom is -0.489 e. The van der Waals surface area contributed by atoms with Crippen LogP contribution in [0.5, 0.6) is 5.75 Å². The summed E-state index contributed by atoms with van der Waals surface area (Å²) in [5.41, 5.74) is 3.14. The van der Waals surface area contributed by atoms with Gasteiger partial charge in [0, 0.05) is 12.3 Å². The number of pyridine rings is 1. The average molecular weight is 349 g/mol. The highest BCUT2D eigenvalue weighted by molar-refractivity contribution is 6.32. The Labute approximate surface area is 144 Å². The van der Waals surface area contributed by atoms with E-state index in [0.717, 1.165) is 12.0 Å². The van der Waals surface area contributed by atoms with Crippen LogP contribution in [0.25, 0.3) is 0 Å². The Morgan fingerprint density at radius 1 is 1.50 bits per heavy atom. The topological polar surface area (TPSA) is 89.7 Å². The molecule has 1 aromatic heterocycles. The van der Waals surface area contributed by atoms with E-state index < -0.39 is 4.92 Å². The number of hydrazone groups is 1. The first-order valence-corrected chi connectivity index (χ1v) is 7.73. The molecule has 0 aliphatic rings. The van der Waals surface area contributed by atoms with E-state index in [4.69, 9.17) is 16.3 Å². The smallest absolute Gasteiger partial charge is 0.313 e. The number of benzene rings is 1. The van der Waals surface area contributed by atoms with Gasteiger partial charge in [-0.1, -0.05) is 18.5 Å². The summed E-state index contributed by atoms with van der Waals surface area (Å²) >= 11 is 6.18. The van der Waals surface area contributed by atoms with E-state index in [-0.39, 0.29) is 17.6 Å². The number of aromatic nitrogens is 1. The van der Waals surface area contributed by atoms with Gasteiger partial charge in [0.05, 0.1) is 22.3 Å². The molecule has 0 saturated carbocycles. The van der Waals surface area contributed by atoms with Gasteiger partial charge in [0.25, 0.3) is 0 Å².